The highest BCUT2D eigenvalue weighted by Gasteiger charge is 2.22. The van der Waals surface area contributed by atoms with E-state index in [1.807, 2.05) is 19.1 Å². The maximum absolute atomic E-state index is 14.1. The molecular weight excluding hydrogens is 399 g/mol. The van der Waals surface area contributed by atoms with Crippen molar-refractivity contribution in [1.29, 1.82) is 0 Å². The summed E-state index contributed by atoms with van der Waals surface area (Å²) < 4.78 is 15.7. The SMILES string of the molecule is Cc1ccc(-c2c(C)nc(-c3cccc(F)c3O)n(CCC3CCCCC3)c2=O)s1. The number of nitrogens with zero attached hydrogens (tertiary/aromatic N) is 2. The van der Waals surface area contributed by atoms with Crippen LogP contribution in [0.2, 0.25) is 0 Å². The first-order valence-electron chi connectivity index (χ1n) is 10.6. The van der Waals surface area contributed by atoms with Crippen molar-refractivity contribution in [3.63, 3.8) is 0 Å². The summed E-state index contributed by atoms with van der Waals surface area (Å²) in [5.74, 6) is -0.248. The summed E-state index contributed by atoms with van der Waals surface area (Å²) in [4.78, 5) is 20.3. The number of hydrogen-bond acceptors (Lipinski definition) is 4. The standard InChI is InChI=1S/C24H27FN2O2S/c1-15-11-12-20(30-15)21-16(2)26-23(18-9-6-10-19(25)22(18)28)27(24(21)29)14-13-17-7-4-3-5-8-17/h6,9-12,17,28H,3-5,7-8,13-14H2,1-2H3. The Morgan fingerprint density at radius 1 is 1.17 bits per heavy atom. The third-order valence-electron chi connectivity index (χ3n) is 6.05. The lowest BCUT2D eigenvalue weighted by molar-refractivity contribution is 0.322. The maximum atomic E-state index is 14.1. The molecule has 1 N–H and O–H groups in total. The number of para-hydroxylation sites is 1. The molecule has 0 bridgehead atoms. The van der Waals surface area contributed by atoms with Gasteiger partial charge in [0.2, 0.25) is 0 Å². The van der Waals surface area contributed by atoms with E-state index in [9.17, 15) is 14.3 Å². The number of phenols is 1. The van der Waals surface area contributed by atoms with Crippen LogP contribution in [0.15, 0.2) is 35.1 Å². The van der Waals surface area contributed by atoms with Gasteiger partial charge in [0, 0.05) is 16.3 Å². The van der Waals surface area contributed by atoms with E-state index in [2.05, 4.69) is 0 Å². The first-order chi connectivity index (χ1) is 14.5. The second kappa shape index (κ2) is 8.72. The number of hydrogen-bond donors (Lipinski definition) is 1. The van der Waals surface area contributed by atoms with Gasteiger partial charge >= 0.3 is 0 Å². The van der Waals surface area contributed by atoms with E-state index in [1.165, 1.54) is 44.2 Å². The lowest BCUT2D eigenvalue weighted by Crippen LogP contribution is -2.27. The van der Waals surface area contributed by atoms with E-state index >= 15 is 0 Å². The number of phenolic OH excluding ortho intramolecular Hbond substituents is 1. The summed E-state index contributed by atoms with van der Waals surface area (Å²) >= 11 is 1.57. The molecule has 1 aromatic carbocycles. The lowest BCUT2D eigenvalue weighted by Gasteiger charge is -2.23. The van der Waals surface area contributed by atoms with Gasteiger partial charge in [-0.25, -0.2) is 9.37 Å². The van der Waals surface area contributed by atoms with E-state index in [0.29, 0.717) is 29.5 Å². The van der Waals surface area contributed by atoms with Crippen LogP contribution in [0, 0.1) is 25.6 Å². The second-order valence-electron chi connectivity index (χ2n) is 8.19. The number of rotatable bonds is 5. The van der Waals surface area contributed by atoms with Gasteiger partial charge in [-0.15, -0.1) is 11.3 Å². The molecule has 2 aromatic heterocycles. The molecule has 4 rings (SSSR count). The predicted octanol–water partition coefficient (Wildman–Crippen LogP) is 6.07. The molecule has 0 aliphatic heterocycles. The summed E-state index contributed by atoms with van der Waals surface area (Å²) in [6.45, 7) is 4.33. The van der Waals surface area contributed by atoms with Crippen LogP contribution in [-0.2, 0) is 6.54 Å². The molecule has 30 heavy (non-hydrogen) atoms. The van der Waals surface area contributed by atoms with Gasteiger partial charge in [-0.1, -0.05) is 38.2 Å². The van der Waals surface area contributed by atoms with Crippen molar-refractivity contribution in [3.8, 4) is 27.6 Å². The third kappa shape index (κ3) is 4.06. The molecule has 158 valence electrons. The minimum atomic E-state index is -0.712. The first kappa shape index (κ1) is 20.8. The molecule has 6 heteroatoms. The summed E-state index contributed by atoms with van der Waals surface area (Å²) in [6, 6.07) is 8.31. The fraction of sp³-hybridized carbons (Fsp3) is 0.417. The molecule has 0 spiro atoms. The van der Waals surface area contributed by atoms with Crippen LogP contribution < -0.4 is 5.56 Å². The molecule has 2 heterocycles. The molecule has 4 nitrogen and oxygen atoms in total. The average molecular weight is 427 g/mol. The topological polar surface area (TPSA) is 55.1 Å². The molecule has 0 amide bonds. The Morgan fingerprint density at radius 3 is 2.63 bits per heavy atom. The van der Waals surface area contributed by atoms with Gasteiger partial charge in [-0.2, -0.15) is 0 Å². The van der Waals surface area contributed by atoms with E-state index < -0.39 is 11.6 Å². The van der Waals surface area contributed by atoms with Crippen LogP contribution in [0.1, 0.15) is 49.1 Å². The largest absolute Gasteiger partial charge is 0.504 e. The smallest absolute Gasteiger partial charge is 0.262 e. The summed E-state index contributed by atoms with van der Waals surface area (Å²) in [7, 11) is 0. The molecule has 1 fully saturated rings. The number of halogens is 1. The number of aromatic hydroxyl groups is 1. The van der Waals surface area contributed by atoms with Gasteiger partial charge in [0.05, 0.1) is 16.8 Å². The van der Waals surface area contributed by atoms with Crippen LogP contribution in [-0.4, -0.2) is 14.7 Å². The number of aryl methyl sites for hydroxylation is 2. The quantitative estimate of drug-likeness (QED) is 0.539. The zero-order chi connectivity index (χ0) is 21.3. The Bertz CT molecular complexity index is 1110. The summed E-state index contributed by atoms with van der Waals surface area (Å²) in [5, 5.41) is 10.3. The zero-order valence-electron chi connectivity index (χ0n) is 17.4. The van der Waals surface area contributed by atoms with Crippen LogP contribution in [0.25, 0.3) is 21.8 Å². The zero-order valence-corrected chi connectivity index (χ0v) is 18.3. The van der Waals surface area contributed by atoms with Crippen molar-refractivity contribution in [1.82, 2.24) is 9.55 Å². The highest BCUT2D eigenvalue weighted by molar-refractivity contribution is 7.15. The van der Waals surface area contributed by atoms with Gasteiger partial charge < -0.3 is 5.11 Å². The Hall–Kier alpha value is -2.47. The van der Waals surface area contributed by atoms with Crippen LogP contribution in [0.4, 0.5) is 4.39 Å². The predicted molar refractivity (Wildman–Crippen MR) is 120 cm³/mol. The maximum Gasteiger partial charge on any atom is 0.262 e. The minimum Gasteiger partial charge on any atom is -0.504 e. The first-order valence-corrected chi connectivity index (χ1v) is 11.4. The highest BCUT2D eigenvalue weighted by Crippen LogP contribution is 2.33. The van der Waals surface area contributed by atoms with Crippen molar-refractivity contribution in [2.24, 2.45) is 5.92 Å². The molecule has 1 aliphatic rings. The van der Waals surface area contributed by atoms with Crippen molar-refractivity contribution >= 4 is 11.3 Å². The molecule has 3 aromatic rings. The van der Waals surface area contributed by atoms with E-state index in [4.69, 9.17) is 4.98 Å². The molecular formula is C24H27FN2O2S. The van der Waals surface area contributed by atoms with Gasteiger partial charge in [0.15, 0.2) is 11.6 Å². The van der Waals surface area contributed by atoms with E-state index in [1.54, 1.807) is 28.9 Å². The Balaban J connectivity index is 1.84. The van der Waals surface area contributed by atoms with E-state index in [0.717, 1.165) is 16.2 Å². The number of benzene rings is 1. The monoisotopic (exact) mass is 426 g/mol. The second-order valence-corrected chi connectivity index (χ2v) is 9.48. The molecule has 1 aliphatic carbocycles. The van der Waals surface area contributed by atoms with Gasteiger partial charge in [0.1, 0.15) is 5.82 Å². The molecule has 0 atom stereocenters. The highest BCUT2D eigenvalue weighted by atomic mass is 32.1. The molecule has 0 unspecified atom stereocenters. The van der Waals surface area contributed by atoms with Gasteiger partial charge in [-0.3, -0.25) is 9.36 Å². The number of aromatic nitrogens is 2. The van der Waals surface area contributed by atoms with Crippen LogP contribution >= 0.6 is 11.3 Å². The van der Waals surface area contributed by atoms with E-state index in [-0.39, 0.29) is 11.1 Å². The van der Waals surface area contributed by atoms with Gasteiger partial charge in [0.25, 0.3) is 5.56 Å². The van der Waals surface area contributed by atoms with Crippen molar-refractivity contribution in [3.05, 3.63) is 57.1 Å². The third-order valence-corrected chi connectivity index (χ3v) is 7.07. The fourth-order valence-corrected chi connectivity index (χ4v) is 5.37. The Labute approximate surface area is 180 Å². The average Bonchev–Trinajstić information content (AvgIpc) is 3.15. The van der Waals surface area contributed by atoms with Crippen molar-refractivity contribution < 1.29 is 9.50 Å². The van der Waals surface area contributed by atoms with Gasteiger partial charge in [-0.05, 0) is 50.5 Å². The minimum absolute atomic E-state index is 0.126. The number of thiophene rings is 1. The fourth-order valence-electron chi connectivity index (χ4n) is 4.41. The Morgan fingerprint density at radius 2 is 1.93 bits per heavy atom. The molecule has 0 saturated heterocycles. The normalized spacial score (nSPS) is 14.9. The molecule has 1 saturated carbocycles. The molecule has 0 radical (unpaired) electrons. The van der Waals surface area contributed by atoms with Crippen LogP contribution in [0.3, 0.4) is 0 Å². The van der Waals surface area contributed by atoms with Crippen molar-refractivity contribution in [2.45, 2.75) is 58.9 Å². The summed E-state index contributed by atoms with van der Waals surface area (Å²) in [5.41, 5.74) is 1.32. The Kier molecular flexibility index (Phi) is 6.04. The van der Waals surface area contributed by atoms with Crippen LogP contribution in [0.5, 0.6) is 5.75 Å². The van der Waals surface area contributed by atoms with Crippen molar-refractivity contribution in [2.75, 3.05) is 0 Å². The summed E-state index contributed by atoms with van der Waals surface area (Å²) in [6.07, 6.45) is 7.02. The lowest BCUT2D eigenvalue weighted by atomic mass is 9.87.